The van der Waals surface area contributed by atoms with E-state index in [-0.39, 0.29) is 11.1 Å². The van der Waals surface area contributed by atoms with Crippen LogP contribution in [0.3, 0.4) is 0 Å². The highest BCUT2D eigenvalue weighted by molar-refractivity contribution is 6.30. The number of rotatable bonds is 4. The highest BCUT2D eigenvalue weighted by Crippen LogP contribution is 2.19. The Hall–Kier alpha value is -2.27. The van der Waals surface area contributed by atoms with Crippen LogP contribution in [0.5, 0.6) is 0 Å². The Balaban J connectivity index is 1.97. The van der Waals surface area contributed by atoms with Crippen molar-refractivity contribution in [2.75, 3.05) is 17.7 Å². The van der Waals surface area contributed by atoms with E-state index >= 15 is 0 Å². The molecule has 0 aromatic heterocycles. The summed E-state index contributed by atoms with van der Waals surface area (Å²) in [4.78, 5) is 11.2. The lowest BCUT2D eigenvalue weighted by molar-refractivity contribution is 0.254. The molecule has 2 amide bonds. The topological polar surface area (TPSA) is 53.2 Å². The number of halogens is 2. The van der Waals surface area contributed by atoms with Crippen molar-refractivity contribution < 1.29 is 9.18 Å². The van der Waals surface area contributed by atoms with Gasteiger partial charge >= 0.3 is 6.03 Å². The van der Waals surface area contributed by atoms with Crippen LogP contribution in [0.2, 0.25) is 5.02 Å². The second-order valence-electron chi connectivity index (χ2n) is 4.35. The molecule has 0 saturated heterocycles. The first-order chi connectivity index (χ1) is 10.1. The summed E-state index contributed by atoms with van der Waals surface area (Å²) in [6.07, 6.45) is 0. The third-order valence-electron chi connectivity index (χ3n) is 2.88. The highest BCUT2D eigenvalue weighted by Gasteiger charge is 2.05. The van der Waals surface area contributed by atoms with Crippen LogP contribution < -0.4 is 16.0 Å². The van der Waals surface area contributed by atoms with Crippen LogP contribution >= 0.6 is 11.6 Å². The normalized spacial score (nSPS) is 10.0. The van der Waals surface area contributed by atoms with Gasteiger partial charge in [0.1, 0.15) is 5.82 Å². The lowest BCUT2D eigenvalue weighted by atomic mass is 10.2. The zero-order valence-electron chi connectivity index (χ0n) is 11.4. The van der Waals surface area contributed by atoms with Crippen molar-refractivity contribution in [3.63, 3.8) is 0 Å². The summed E-state index contributed by atoms with van der Waals surface area (Å²) >= 11 is 5.73. The van der Waals surface area contributed by atoms with E-state index in [0.29, 0.717) is 17.8 Å². The highest BCUT2D eigenvalue weighted by atomic mass is 35.5. The molecule has 0 aliphatic rings. The summed E-state index contributed by atoms with van der Waals surface area (Å²) in [5, 5.41) is 8.33. The predicted octanol–water partition coefficient (Wildman–Crippen LogP) is 3.84. The zero-order chi connectivity index (χ0) is 15.2. The van der Waals surface area contributed by atoms with Crippen LogP contribution in [-0.2, 0) is 6.54 Å². The van der Waals surface area contributed by atoms with Gasteiger partial charge in [-0.2, -0.15) is 0 Å². The Kier molecular flexibility index (Phi) is 5.00. The molecule has 0 unspecified atom stereocenters. The Bertz CT molecular complexity index is 631. The molecular formula is C15H15ClFN3O. The van der Waals surface area contributed by atoms with Gasteiger partial charge in [0.2, 0.25) is 0 Å². The predicted molar refractivity (Wildman–Crippen MR) is 83.3 cm³/mol. The molecule has 0 spiro atoms. The molecule has 2 rings (SSSR count). The van der Waals surface area contributed by atoms with Crippen LogP contribution in [0.1, 0.15) is 5.56 Å². The molecule has 0 aliphatic heterocycles. The van der Waals surface area contributed by atoms with Crippen LogP contribution in [0.4, 0.5) is 20.6 Å². The van der Waals surface area contributed by atoms with Gasteiger partial charge in [0.15, 0.2) is 0 Å². The molecule has 3 N–H and O–H groups in total. The van der Waals surface area contributed by atoms with E-state index in [2.05, 4.69) is 16.0 Å². The number of hydrogen-bond donors (Lipinski definition) is 3. The maximum absolute atomic E-state index is 13.7. The minimum absolute atomic E-state index is 0.111. The third kappa shape index (κ3) is 4.10. The fourth-order valence-electron chi connectivity index (χ4n) is 1.75. The van der Waals surface area contributed by atoms with Crippen molar-refractivity contribution in [1.29, 1.82) is 0 Å². The Morgan fingerprint density at radius 1 is 1.14 bits per heavy atom. The maximum Gasteiger partial charge on any atom is 0.318 e. The van der Waals surface area contributed by atoms with E-state index in [1.165, 1.54) is 6.07 Å². The van der Waals surface area contributed by atoms with Gasteiger partial charge in [0, 0.05) is 30.5 Å². The summed E-state index contributed by atoms with van der Waals surface area (Å²) in [6, 6.07) is 11.7. The van der Waals surface area contributed by atoms with Gasteiger partial charge in [-0.15, -0.1) is 0 Å². The molecule has 21 heavy (non-hydrogen) atoms. The molecule has 0 saturated carbocycles. The van der Waals surface area contributed by atoms with Gasteiger partial charge < -0.3 is 16.0 Å². The monoisotopic (exact) mass is 307 g/mol. The average Bonchev–Trinajstić information content (AvgIpc) is 2.50. The van der Waals surface area contributed by atoms with E-state index in [1.54, 1.807) is 43.4 Å². The Labute approximate surface area is 127 Å². The lowest BCUT2D eigenvalue weighted by Gasteiger charge is -2.09. The number of carbonyl (C=O) groups is 1. The van der Waals surface area contributed by atoms with Crippen LogP contribution in [0.25, 0.3) is 0 Å². The number of urea groups is 1. The van der Waals surface area contributed by atoms with Crippen LogP contribution in [0, 0.1) is 5.82 Å². The summed E-state index contributed by atoms with van der Waals surface area (Å²) in [7, 11) is 1.55. The Morgan fingerprint density at radius 3 is 2.48 bits per heavy atom. The number of anilines is 2. The standard InChI is InChI=1S/C15H15ClFN3O/c1-18-15(21)20-12-7-5-11(6-8-12)19-9-10-3-2-4-13(16)14(10)17/h2-8,19H,9H2,1H3,(H2,18,20,21). The third-order valence-corrected chi connectivity index (χ3v) is 3.18. The molecule has 0 heterocycles. The molecule has 4 nitrogen and oxygen atoms in total. The minimum Gasteiger partial charge on any atom is -0.381 e. The Morgan fingerprint density at radius 2 is 1.81 bits per heavy atom. The van der Waals surface area contributed by atoms with E-state index < -0.39 is 5.82 Å². The molecule has 0 atom stereocenters. The van der Waals surface area contributed by atoms with Gasteiger partial charge in [-0.25, -0.2) is 9.18 Å². The van der Waals surface area contributed by atoms with Crippen LogP contribution in [0.15, 0.2) is 42.5 Å². The molecule has 0 radical (unpaired) electrons. The van der Waals surface area contributed by atoms with Crippen molar-refractivity contribution in [2.45, 2.75) is 6.54 Å². The second kappa shape index (κ2) is 6.95. The second-order valence-corrected chi connectivity index (χ2v) is 4.76. The minimum atomic E-state index is -0.412. The molecule has 2 aromatic rings. The van der Waals surface area contributed by atoms with Gasteiger partial charge in [0.25, 0.3) is 0 Å². The SMILES string of the molecule is CNC(=O)Nc1ccc(NCc2cccc(Cl)c2F)cc1. The van der Waals surface area contributed by atoms with Gasteiger partial charge in [-0.1, -0.05) is 23.7 Å². The fraction of sp³-hybridized carbons (Fsp3) is 0.133. The summed E-state index contributed by atoms with van der Waals surface area (Å²) in [5.41, 5.74) is 1.99. The molecule has 0 aliphatic carbocycles. The van der Waals surface area contributed by atoms with Gasteiger partial charge in [-0.05, 0) is 30.3 Å². The smallest absolute Gasteiger partial charge is 0.318 e. The van der Waals surface area contributed by atoms with E-state index in [9.17, 15) is 9.18 Å². The summed E-state index contributed by atoms with van der Waals surface area (Å²) < 4.78 is 13.7. The van der Waals surface area contributed by atoms with Crippen molar-refractivity contribution in [1.82, 2.24) is 5.32 Å². The van der Waals surface area contributed by atoms with E-state index in [4.69, 9.17) is 11.6 Å². The lowest BCUT2D eigenvalue weighted by Crippen LogP contribution is -2.24. The quantitative estimate of drug-likeness (QED) is 0.804. The fourth-order valence-corrected chi connectivity index (χ4v) is 1.94. The van der Waals surface area contributed by atoms with Crippen molar-refractivity contribution in [3.05, 3.63) is 58.9 Å². The molecule has 0 fully saturated rings. The first kappa shape index (κ1) is 15.1. The number of carbonyl (C=O) groups excluding carboxylic acids is 1. The molecule has 110 valence electrons. The first-order valence-corrected chi connectivity index (χ1v) is 6.73. The first-order valence-electron chi connectivity index (χ1n) is 6.35. The van der Waals surface area contributed by atoms with Crippen molar-refractivity contribution >= 4 is 29.0 Å². The maximum atomic E-state index is 13.7. The van der Waals surface area contributed by atoms with Crippen molar-refractivity contribution in [3.8, 4) is 0 Å². The summed E-state index contributed by atoms with van der Waals surface area (Å²) in [5.74, 6) is -0.412. The van der Waals surface area contributed by atoms with E-state index in [1.807, 2.05) is 0 Å². The number of amides is 2. The molecular weight excluding hydrogens is 293 g/mol. The largest absolute Gasteiger partial charge is 0.381 e. The summed E-state index contributed by atoms with van der Waals surface area (Å²) in [6.45, 7) is 0.328. The average molecular weight is 308 g/mol. The molecule has 6 heteroatoms. The molecule has 0 bridgehead atoms. The van der Waals surface area contributed by atoms with Crippen molar-refractivity contribution in [2.24, 2.45) is 0 Å². The number of benzene rings is 2. The number of nitrogens with one attached hydrogen (secondary N) is 3. The van der Waals surface area contributed by atoms with Gasteiger partial charge in [0.05, 0.1) is 5.02 Å². The van der Waals surface area contributed by atoms with Gasteiger partial charge in [-0.3, -0.25) is 0 Å². The van der Waals surface area contributed by atoms with E-state index in [0.717, 1.165) is 5.69 Å². The van der Waals surface area contributed by atoms with Crippen LogP contribution in [-0.4, -0.2) is 13.1 Å². The molecule has 2 aromatic carbocycles. The number of hydrogen-bond acceptors (Lipinski definition) is 2. The zero-order valence-corrected chi connectivity index (χ0v) is 12.2.